The quantitative estimate of drug-likeness (QED) is 0.576. The number of carboxylic acid groups (broad SMARTS) is 1. The molecule has 7 heteroatoms. The van der Waals surface area contributed by atoms with Crippen LogP contribution in [0.4, 0.5) is 10.1 Å². The summed E-state index contributed by atoms with van der Waals surface area (Å²) in [6.07, 6.45) is 0.657. The highest BCUT2D eigenvalue weighted by atomic mass is 19.1. The standard InChI is InChI=1S/C25H27FN2O4/c1-15(2)10-22(28-24(30)16-6-4-3-5-7-16)23(29)14-18(25(31)32)13-20-12-17-11-19(26)8-9-21(17)27-20/h3-9,11,15,18,22H,10,12-14H2,1-2H3,(H,28,30)(H,31,32)/t18-,22?/m0/s1. The Kier molecular flexibility index (Phi) is 7.51. The summed E-state index contributed by atoms with van der Waals surface area (Å²) in [6.45, 7) is 3.88. The fraction of sp³-hybridized carbons (Fsp3) is 0.360. The van der Waals surface area contributed by atoms with E-state index in [1.165, 1.54) is 12.1 Å². The first-order valence-electron chi connectivity index (χ1n) is 10.7. The number of carbonyl (C=O) groups is 3. The fourth-order valence-corrected chi connectivity index (χ4v) is 3.84. The Labute approximate surface area is 186 Å². The molecule has 0 spiro atoms. The molecule has 1 unspecified atom stereocenters. The van der Waals surface area contributed by atoms with Gasteiger partial charge in [0.2, 0.25) is 0 Å². The number of rotatable bonds is 10. The first-order valence-corrected chi connectivity index (χ1v) is 10.7. The van der Waals surface area contributed by atoms with Gasteiger partial charge in [0.05, 0.1) is 17.6 Å². The van der Waals surface area contributed by atoms with Crippen LogP contribution in [0.5, 0.6) is 0 Å². The van der Waals surface area contributed by atoms with Crippen molar-refractivity contribution in [3.05, 3.63) is 65.5 Å². The Balaban J connectivity index is 1.68. The van der Waals surface area contributed by atoms with Gasteiger partial charge in [0.1, 0.15) is 5.82 Å². The van der Waals surface area contributed by atoms with E-state index in [0.717, 1.165) is 0 Å². The van der Waals surface area contributed by atoms with Crippen molar-refractivity contribution in [2.75, 3.05) is 0 Å². The number of carboxylic acids is 1. The molecule has 6 nitrogen and oxygen atoms in total. The molecule has 0 saturated heterocycles. The number of hydrogen-bond donors (Lipinski definition) is 2. The zero-order valence-electron chi connectivity index (χ0n) is 18.2. The van der Waals surface area contributed by atoms with E-state index in [9.17, 15) is 23.9 Å². The smallest absolute Gasteiger partial charge is 0.307 e. The number of amides is 1. The van der Waals surface area contributed by atoms with Gasteiger partial charge in [-0.05, 0) is 54.7 Å². The van der Waals surface area contributed by atoms with Crippen molar-refractivity contribution in [2.45, 2.75) is 45.6 Å². The van der Waals surface area contributed by atoms with Gasteiger partial charge in [-0.15, -0.1) is 0 Å². The molecule has 0 fully saturated rings. The van der Waals surface area contributed by atoms with Crippen LogP contribution < -0.4 is 5.32 Å². The number of benzene rings is 2. The largest absolute Gasteiger partial charge is 0.481 e. The fourth-order valence-electron chi connectivity index (χ4n) is 3.84. The second-order valence-electron chi connectivity index (χ2n) is 8.56. The summed E-state index contributed by atoms with van der Waals surface area (Å²) < 4.78 is 13.4. The highest BCUT2D eigenvalue weighted by molar-refractivity contribution is 6.00. The molecule has 1 heterocycles. The molecule has 0 aliphatic carbocycles. The Morgan fingerprint density at radius 1 is 1.12 bits per heavy atom. The molecule has 1 aliphatic rings. The monoisotopic (exact) mass is 438 g/mol. The lowest BCUT2D eigenvalue weighted by molar-refractivity contribution is -0.143. The van der Waals surface area contributed by atoms with E-state index in [1.54, 1.807) is 36.4 Å². The van der Waals surface area contributed by atoms with Crippen LogP contribution in [0.15, 0.2) is 53.5 Å². The normalized spacial score (nSPS) is 14.4. The van der Waals surface area contributed by atoms with Crippen molar-refractivity contribution in [1.29, 1.82) is 0 Å². The Bertz CT molecular complexity index is 1030. The number of nitrogens with zero attached hydrogens (tertiary/aromatic N) is 1. The van der Waals surface area contributed by atoms with Crippen molar-refractivity contribution >= 4 is 29.1 Å². The van der Waals surface area contributed by atoms with Crippen LogP contribution in [-0.2, 0) is 16.0 Å². The van der Waals surface area contributed by atoms with E-state index in [4.69, 9.17) is 0 Å². The SMILES string of the molecule is CC(C)CC(NC(=O)c1ccccc1)C(=O)C[C@H](CC1=Nc2ccc(F)cc2C1)C(=O)O. The molecule has 32 heavy (non-hydrogen) atoms. The van der Waals surface area contributed by atoms with Gasteiger partial charge in [0.15, 0.2) is 5.78 Å². The topological polar surface area (TPSA) is 95.8 Å². The first-order chi connectivity index (χ1) is 15.2. The van der Waals surface area contributed by atoms with Gasteiger partial charge < -0.3 is 10.4 Å². The molecule has 0 radical (unpaired) electrons. The summed E-state index contributed by atoms with van der Waals surface area (Å²) in [5.74, 6) is -2.99. The lowest BCUT2D eigenvalue weighted by atomic mass is 9.89. The van der Waals surface area contributed by atoms with E-state index in [-0.39, 0.29) is 36.3 Å². The Morgan fingerprint density at radius 3 is 2.50 bits per heavy atom. The molecule has 2 N–H and O–H groups in total. The molecule has 168 valence electrons. The van der Waals surface area contributed by atoms with E-state index in [2.05, 4.69) is 10.3 Å². The number of ketones is 1. The minimum absolute atomic E-state index is 0.0956. The van der Waals surface area contributed by atoms with Gasteiger partial charge in [0, 0.05) is 24.1 Å². The predicted octanol–water partition coefficient (Wildman–Crippen LogP) is 4.35. The van der Waals surface area contributed by atoms with Gasteiger partial charge in [-0.1, -0.05) is 32.0 Å². The van der Waals surface area contributed by atoms with Gasteiger partial charge in [0.25, 0.3) is 5.91 Å². The summed E-state index contributed by atoms with van der Waals surface area (Å²) in [5.41, 5.74) is 2.39. The number of Topliss-reactive ketones (excluding diaryl/α,β-unsaturated/α-hetero) is 1. The molecular formula is C25H27FN2O4. The number of halogens is 1. The summed E-state index contributed by atoms with van der Waals surface area (Å²) >= 11 is 0. The van der Waals surface area contributed by atoms with Crippen LogP contribution in [0, 0.1) is 17.7 Å². The summed E-state index contributed by atoms with van der Waals surface area (Å²) in [5, 5.41) is 12.5. The third-order valence-electron chi connectivity index (χ3n) is 5.43. The molecular weight excluding hydrogens is 411 g/mol. The van der Waals surface area contributed by atoms with Crippen LogP contribution in [0.2, 0.25) is 0 Å². The molecule has 0 bridgehead atoms. The minimum atomic E-state index is -1.10. The maximum absolute atomic E-state index is 13.4. The summed E-state index contributed by atoms with van der Waals surface area (Å²) in [6, 6.07) is 12.1. The Morgan fingerprint density at radius 2 is 1.84 bits per heavy atom. The third-order valence-corrected chi connectivity index (χ3v) is 5.43. The molecule has 0 aromatic heterocycles. The average molecular weight is 438 g/mol. The summed E-state index contributed by atoms with van der Waals surface area (Å²) in [7, 11) is 0. The molecule has 2 atom stereocenters. The zero-order chi connectivity index (χ0) is 23.3. The van der Waals surface area contributed by atoms with Gasteiger partial charge in [-0.3, -0.25) is 19.4 Å². The van der Waals surface area contributed by atoms with Crippen LogP contribution in [0.1, 0.15) is 49.0 Å². The number of aliphatic carboxylic acids is 1. The lowest BCUT2D eigenvalue weighted by Gasteiger charge is -2.21. The minimum Gasteiger partial charge on any atom is -0.481 e. The number of fused-ring (bicyclic) bond motifs is 1. The van der Waals surface area contributed by atoms with Crippen LogP contribution in [0.3, 0.4) is 0 Å². The molecule has 0 saturated carbocycles. The van der Waals surface area contributed by atoms with Crippen LogP contribution >= 0.6 is 0 Å². The molecule has 1 amide bonds. The molecule has 3 rings (SSSR count). The highest BCUT2D eigenvalue weighted by Crippen LogP contribution is 2.30. The lowest BCUT2D eigenvalue weighted by Crippen LogP contribution is -2.43. The first kappa shape index (κ1) is 23.3. The van der Waals surface area contributed by atoms with Crippen molar-refractivity contribution < 1.29 is 23.9 Å². The Hall–Kier alpha value is -3.35. The second kappa shape index (κ2) is 10.3. The van der Waals surface area contributed by atoms with E-state index < -0.39 is 17.9 Å². The van der Waals surface area contributed by atoms with E-state index >= 15 is 0 Å². The van der Waals surface area contributed by atoms with Gasteiger partial charge in [-0.2, -0.15) is 0 Å². The second-order valence-corrected chi connectivity index (χ2v) is 8.56. The van der Waals surface area contributed by atoms with Crippen molar-refractivity contribution in [3.63, 3.8) is 0 Å². The average Bonchev–Trinajstić information content (AvgIpc) is 3.14. The van der Waals surface area contributed by atoms with Crippen molar-refractivity contribution in [1.82, 2.24) is 5.32 Å². The van der Waals surface area contributed by atoms with Gasteiger partial charge in [-0.25, -0.2) is 4.39 Å². The van der Waals surface area contributed by atoms with Crippen LogP contribution in [-0.4, -0.2) is 34.5 Å². The number of nitrogens with one attached hydrogen (secondary N) is 1. The zero-order valence-corrected chi connectivity index (χ0v) is 18.2. The predicted molar refractivity (Wildman–Crippen MR) is 120 cm³/mol. The maximum Gasteiger partial charge on any atom is 0.307 e. The van der Waals surface area contributed by atoms with E-state index in [0.29, 0.717) is 35.4 Å². The molecule has 1 aliphatic heterocycles. The van der Waals surface area contributed by atoms with E-state index in [1.807, 2.05) is 13.8 Å². The number of carbonyl (C=O) groups excluding carboxylic acids is 2. The number of aliphatic imine (C=N–C) groups is 1. The van der Waals surface area contributed by atoms with Crippen molar-refractivity contribution in [3.8, 4) is 0 Å². The van der Waals surface area contributed by atoms with Gasteiger partial charge >= 0.3 is 5.97 Å². The maximum atomic E-state index is 13.4. The number of hydrogen-bond acceptors (Lipinski definition) is 4. The van der Waals surface area contributed by atoms with Crippen LogP contribution in [0.25, 0.3) is 0 Å². The molecule has 2 aromatic rings. The highest BCUT2D eigenvalue weighted by Gasteiger charge is 2.30. The van der Waals surface area contributed by atoms with Crippen molar-refractivity contribution in [2.24, 2.45) is 16.8 Å². The summed E-state index contributed by atoms with van der Waals surface area (Å²) in [4.78, 5) is 41.9. The molecule has 2 aromatic carbocycles. The third kappa shape index (κ3) is 6.09.